The molecule has 0 aliphatic carbocycles. The minimum atomic E-state index is -0.0523. The van der Waals surface area contributed by atoms with Crippen molar-refractivity contribution in [1.82, 2.24) is 9.78 Å². The summed E-state index contributed by atoms with van der Waals surface area (Å²) in [5.74, 6) is 0.351. The molecular formula is C14H16N2OS. The summed E-state index contributed by atoms with van der Waals surface area (Å²) >= 11 is 4.14. The van der Waals surface area contributed by atoms with Gasteiger partial charge in [-0.05, 0) is 32.4 Å². The van der Waals surface area contributed by atoms with Gasteiger partial charge in [0.05, 0.1) is 5.69 Å². The molecule has 0 aliphatic rings. The number of aromatic nitrogens is 2. The van der Waals surface area contributed by atoms with Gasteiger partial charge < -0.3 is 0 Å². The third kappa shape index (κ3) is 2.34. The highest BCUT2D eigenvalue weighted by Gasteiger charge is 2.08. The average molecular weight is 260 g/mol. The van der Waals surface area contributed by atoms with Gasteiger partial charge in [0.25, 0.3) is 0 Å². The first-order chi connectivity index (χ1) is 8.52. The molecule has 3 nitrogen and oxygen atoms in total. The molecule has 18 heavy (non-hydrogen) atoms. The zero-order chi connectivity index (χ0) is 13.3. The van der Waals surface area contributed by atoms with Crippen molar-refractivity contribution in [1.29, 1.82) is 0 Å². The lowest BCUT2D eigenvalue weighted by atomic mass is 10.1. The van der Waals surface area contributed by atoms with E-state index in [0.717, 1.165) is 16.9 Å². The molecule has 1 heterocycles. The number of hydrogen-bond donors (Lipinski definition) is 1. The molecule has 2 aromatic rings. The normalized spacial score (nSPS) is 10.7. The molecule has 94 valence electrons. The Balaban J connectivity index is 2.67. The van der Waals surface area contributed by atoms with Gasteiger partial charge in [-0.15, -0.1) is 0 Å². The first-order valence-electron chi connectivity index (χ1n) is 5.81. The number of benzene rings is 1. The Hall–Kier alpha value is -1.55. The Bertz CT molecular complexity index is 647. The van der Waals surface area contributed by atoms with E-state index in [2.05, 4.69) is 30.7 Å². The van der Waals surface area contributed by atoms with Crippen LogP contribution in [-0.2, 0) is 5.75 Å². The van der Waals surface area contributed by atoms with Crippen LogP contribution in [0.15, 0.2) is 29.1 Å². The number of nitrogens with zero attached hydrogens (tertiary/aromatic N) is 2. The third-order valence-corrected chi connectivity index (χ3v) is 3.21. The van der Waals surface area contributed by atoms with Gasteiger partial charge in [-0.25, -0.2) is 4.68 Å². The summed E-state index contributed by atoms with van der Waals surface area (Å²) in [6.45, 7) is 5.99. The second kappa shape index (κ2) is 4.98. The molecule has 2 rings (SSSR count). The van der Waals surface area contributed by atoms with Crippen molar-refractivity contribution in [2.45, 2.75) is 26.5 Å². The fourth-order valence-corrected chi connectivity index (χ4v) is 2.20. The molecule has 0 atom stereocenters. The number of thiol groups is 1. The quantitative estimate of drug-likeness (QED) is 0.842. The molecule has 4 heteroatoms. The predicted molar refractivity (Wildman–Crippen MR) is 76.7 cm³/mol. The van der Waals surface area contributed by atoms with E-state index >= 15 is 0 Å². The van der Waals surface area contributed by atoms with E-state index in [9.17, 15) is 4.79 Å². The van der Waals surface area contributed by atoms with E-state index in [1.807, 2.05) is 30.7 Å². The molecule has 0 bridgehead atoms. The number of hydrogen-bond acceptors (Lipinski definition) is 3. The molecular weight excluding hydrogens is 244 g/mol. The first-order valence-corrected chi connectivity index (χ1v) is 6.44. The maximum absolute atomic E-state index is 11.7. The molecule has 0 spiro atoms. The van der Waals surface area contributed by atoms with Crippen molar-refractivity contribution in [2.75, 3.05) is 0 Å². The second-order valence-corrected chi connectivity index (χ2v) is 4.77. The Morgan fingerprint density at radius 1 is 1.22 bits per heavy atom. The van der Waals surface area contributed by atoms with Crippen molar-refractivity contribution < 1.29 is 0 Å². The van der Waals surface area contributed by atoms with Crippen molar-refractivity contribution in [3.05, 3.63) is 57.0 Å². The largest absolute Gasteiger partial charge is 0.288 e. The first kappa shape index (κ1) is 12.9. The van der Waals surface area contributed by atoms with Gasteiger partial charge in [0.15, 0.2) is 0 Å². The molecule has 0 radical (unpaired) electrons. The Labute approximate surface area is 112 Å². The summed E-state index contributed by atoms with van der Waals surface area (Å²) < 4.78 is 1.81. The minimum absolute atomic E-state index is 0.0523. The minimum Gasteiger partial charge on any atom is -0.288 e. The lowest BCUT2D eigenvalue weighted by molar-refractivity contribution is 0.769. The highest BCUT2D eigenvalue weighted by molar-refractivity contribution is 7.79. The lowest BCUT2D eigenvalue weighted by Crippen LogP contribution is -2.18. The maximum Gasteiger partial charge on any atom is 0.204 e. The molecule has 0 amide bonds. The van der Waals surface area contributed by atoms with Crippen molar-refractivity contribution in [3.8, 4) is 5.69 Å². The van der Waals surface area contributed by atoms with Gasteiger partial charge in [-0.3, -0.25) is 4.79 Å². The van der Waals surface area contributed by atoms with Gasteiger partial charge >= 0.3 is 0 Å². The average Bonchev–Trinajstić information content (AvgIpc) is 2.30. The fraction of sp³-hybridized carbons (Fsp3) is 0.286. The van der Waals surface area contributed by atoms with E-state index in [1.54, 1.807) is 6.07 Å². The molecule has 0 saturated heterocycles. The Morgan fingerprint density at radius 3 is 2.56 bits per heavy atom. The smallest absolute Gasteiger partial charge is 0.204 e. The van der Waals surface area contributed by atoms with Gasteiger partial charge in [0, 0.05) is 17.5 Å². The third-order valence-electron chi connectivity index (χ3n) is 2.91. The molecule has 1 aromatic heterocycles. The summed E-state index contributed by atoms with van der Waals surface area (Å²) in [6, 6.07) is 7.78. The van der Waals surface area contributed by atoms with E-state index in [4.69, 9.17) is 0 Å². The van der Waals surface area contributed by atoms with E-state index in [1.165, 1.54) is 5.56 Å². The van der Waals surface area contributed by atoms with Crippen molar-refractivity contribution >= 4 is 12.6 Å². The Morgan fingerprint density at radius 2 is 1.94 bits per heavy atom. The topological polar surface area (TPSA) is 34.9 Å². The summed E-state index contributed by atoms with van der Waals surface area (Å²) in [4.78, 5) is 11.7. The highest BCUT2D eigenvalue weighted by Crippen LogP contribution is 2.16. The van der Waals surface area contributed by atoms with Crippen LogP contribution in [0.1, 0.15) is 22.5 Å². The number of rotatable bonds is 2. The second-order valence-electron chi connectivity index (χ2n) is 4.46. The lowest BCUT2D eigenvalue weighted by Gasteiger charge is -2.13. The van der Waals surface area contributed by atoms with E-state index in [0.29, 0.717) is 11.4 Å². The fourth-order valence-electron chi connectivity index (χ4n) is 1.98. The Kier molecular flexibility index (Phi) is 3.57. The monoisotopic (exact) mass is 260 g/mol. The standard InChI is InChI=1S/C14H16N2OS/c1-9-4-5-13(10(2)6-9)16-11(3)7-14(17)12(8-18)15-16/h4-7,18H,8H2,1-3H3. The van der Waals surface area contributed by atoms with Crippen LogP contribution in [0, 0.1) is 20.8 Å². The molecule has 0 aliphatic heterocycles. The van der Waals surface area contributed by atoms with Crippen LogP contribution in [0.25, 0.3) is 5.69 Å². The molecule has 0 unspecified atom stereocenters. The zero-order valence-corrected chi connectivity index (χ0v) is 11.7. The van der Waals surface area contributed by atoms with Crippen LogP contribution in [0.4, 0.5) is 0 Å². The number of aryl methyl sites for hydroxylation is 3. The van der Waals surface area contributed by atoms with Crippen molar-refractivity contribution in [3.63, 3.8) is 0 Å². The summed E-state index contributed by atoms with van der Waals surface area (Å²) in [5, 5.41) is 4.38. The van der Waals surface area contributed by atoms with Crippen LogP contribution in [0.5, 0.6) is 0 Å². The highest BCUT2D eigenvalue weighted by atomic mass is 32.1. The van der Waals surface area contributed by atoms with Gasteiger partial charge in [-0.1, -0.05) is 17.7 Å². The zero-order valence-electron chi connectivity index (χ0n) is 10.8. The molecule has 1 aromatic carbocycles. The predicted octanol–water partition coefficient (Wildman–Crippen LogP) is 2.59. The van der Waals surface area contributed by atoms with Crippen LogP contribution in [0.2, 0.25) is 0 Å². The van der Waals surface area contributed by atoms with Gasteiger partial charge in [-0.2, -0.15) is 17.7 Å². The summed E-state index contributed by atoms with van der Waals surface area (Å²) in [5.41, 5.74) is 4.61. The van der Waals surface area contributed by atoms with Crippen LogP contribution in [-0.4, -0.2) is 9.78 Å². The van der Waals surface area contributed by atoms with Crippen molar-refractivity contribution in [2.24, 2.45) is 0 Å². The van der Waals surface area contributed by atoms with Crippen LogP contribution in [0.3, 0.4) is 0 Å². The van der Waals surface area contributed by atoms with Gasteiger partial charge in [0.1, 0.15) is 5.69 Å². The SMILES string of the molecule is Cc1ccc(-n2nc(CS)c(=O)cc2C)c(C)c1. The van der Waals surface area contributed by atoms with E-state index in [-0.39, 0.29) is 5.43 Å². The molecule has 0 saturated carbocycles. The van der Waals surface area contributed by atoms with Gasteiger partial charge in [0.2, 0.25) is 5.43 Å². The maximum atomic E-state index is 11.7. The van der Waals surface area contributed by atoms with Crippen LogP contribution < -0.4 is 5.43 Å². The summed E-state index contributed by atoms with van der Waals surface area (Å²) in [6.07, 6.45) is 0. The molecule has 0 N–H and O–H groups in total. The van der Waals surface area contributed by atoms with Crippen LogP contribution >= 0.6 is 12.6 Å². The van der Waals surface area contributed by atoms with E-state index < -0.39 is 0 Å². The summed E-state index contributed by atoms with van der Waals surface area (Å²) in [7, 11) is 0. The molecule has 0 fully saturated rings.